The van der Waals surface area contributed by atoms with Crippen LogP contribution in [0, 0.1) is 0 Å². The highest BCUT2D eigenvalue weighted by atomic mass is 16.5. The Morgan fingerprint density at radius 2 is 1.83 bits per heavy atom. The van der Waals surface area contributed by atoms with Gasteiger partial charge in [-0.3, -0.25) is 4.90 Å². The molecule has 1 atom stereocenters. The highest BCUT2D eigenvalue weighted by molar-refractivity contribution is 5.97. The number of hydrogen-bond acceptors (Lipinski definition) is 10. The SMILES string of the molecule is CCc1nc2c(N)ncc(-c3ccc(N4CCN(C5CCN(C)CC5)CC4C)c(OC)c3)c2nc1NC1CCOCC1. The summed E-state index contributed by atoms with van der Waals surface area (Å²) in [5.74, 6) is 2.08. The number of aromatic nitrogens is 3. The quantitative estimate of drug-likeness (QED) is 0.430. The van der Waals surface area contributed by atoms with Crippen LogP contribution in [0.1, 0.15) is 45.2 Å². The van der Waals surface area contributed by atoms with Gasteiger partial charge in [0.15, 0.2) is 5.82 Å². The van der Waals surface area contributed by atoms with Crippen molar-refractivity contribution < 1.29 is 9.47 Å². The van der Waals surface area contributed by atoms with Crippen LogP contribution in [0.2, 0.25) is 0 Å². The number of ether oxygens (including phenoxy) is 2. The van der Waals surface area contributed by atoms with Gasteiger partial charge in [0.05, 0.1) is 18.5 Å². The van der Waals surface area contributed by atoms with Gasteiger partial charge in [0.25, 0.3) is 0 Å². The number of nitrogens with one attached hydrogen (secondary N) is 1. The zero-order chi connectivity index (χ0) is 29.2. The molecule has 0 amide bonds. The number of piperazine rings is 1. The summed E-state index contributed by atoms with van der Waals surface area (Å²) in [7, 11) is 3.98. The number of nitrogens with two attached hydrogens (primary N) is 1. The summed E-state index contributed by atoms with van der Waals surface area (Å²) < 4.78 is 11.5. The molecule has 6 rings (SSSR count). The standard InChI is InChI=1S/C32H46N8O2/c1-5-26-32(35-23-10-16-42-17-11-23)37-29-25(19-34-31(33)30(29)36-26)22-6-7-27(28(18-22)41-4)40-15-14-39(20-21(40)2)24-8-12-38(3)13-9-24/h6-7,18-19,21,23-24H,5,8-17,20H2,1-4H3,(H2,33,34)(H,35,37). The first-order valence-corrected chi connectivity index (χ1v) is 15.6. The molecule has 3 saturated heterocycles. The van der Waals surface area contributed by atoms with E-state index in [1.54, 1.807) is 7.11 Å². The number of anilines is 3. The van der Waals surface area contributed by atoms with E-state index in [4.69, 9.17) is 25.2 Å². The lowest BCUT2D eigenvalue weighted by atomic mass is 10.00. The molecule has 10 nitrogen and oxygen atoms in total. The van der Waals surface area contributed by atoms with Gasteiger partial charge in [-0.05, 0) is 76.9 Å². The topological polar surface area (TPSA) is 105 Å². The third kappa shape index (κ3) is 5.85. The zero-order valence-electron chi connectivity index (χ0n) is 25.6. The predicted molar refractivity (Wildman–Crippen MR) is 169 cm³/mol. The lowest BCUT2D eigenvalue weighted by molar-refractivity contribution is 0.0903. The van der Waals surface area contributed by atoms with Crippen molar-refractivity contribution in [3.63, 3.8) is 0 Å². The van der Waals surface area contributed by atoms with Gasteiger partial charge in [-0.15, -0.1) is 0 Å². The molecule has 0 bridgehead atoms. The molecule has 1 aromatic carbocycles. The van der Waals surface area contributed by atoms with Gasteiger partial charge in [0.1, 0.15) is 22.6 Å². The maximum absolute atomic E-state index is 6.34. The van der Waals surface area contributed by atoms with Gasteiger partial charge in [0, 0.05) is 62.7 Å². The molecule has 10 heteroatoms. The van der Waals surface area contributed by atoms with E-state index in [2.05, 4.69) is 64.1 Å². The molecule has 0 saturated carbocycles. The molecule has 3 fully saturated rings. The lowest BCUT2D eigenvalue weighted by Crippen LogP contribution is -2.56. The Kier molecular flexibility index (Phi) is 8.65. The largest absolute Gasteiger partial charge is 0.495 e. The van der Waals surface area contributed by atoms with Crippen LogP contribution in [0.15, 0.2) is 24.4 Å². The second-order valence-corrected chi connectivity index (χ2v) is 12.1. The van der Waals surface area contributed by atoms with E-state index in [-0.39, 0.29) is 0 Å². The molecule has 0 aliphatic carbocycles. The summed E-state index contributed by atoms with van der Waals surface area (Å²) in [6, 6.07) is 7.86. The van der Waals surface area contributed by atoms with Crippen molar-refractivity contribution in [3.8, 4) is 16.9 Å². The number of pyridine rings is 1. The minimum Gasteiger partial charge on any atom is -0.495 e. The Balaban J connectivity index is 1.28. The smallest absolute Gasteiger partial charge is 0.151 e. The average Bonchev–Trinajstić information content (AvgIpc) is 3.02. The molecule has 3 aliphatic rings. The summed E-state index contributed by atoms with van der Waals surface area (Å²) >= 11 is 0. The Labute approximate surface area is 249 Å². The van der Waals surface area contributed by atoms with Gasteiger partial charge in [0.2, 0.25) is 0 Å². The van der Waals surface area contributed by atoms with Crippen LogP contribution in [0.4, 0.5) is 17.3 Å². The second kappa shape index (κ2) is 12.6. The van der Waals surface area contributed by atoms with E-state index >= 15 is 0 Å². The number of hydrogen-bond donors (Lipinski definition) is 2. The molecule has 0 spiro atoms. The fourth-order valence-corrected chi connectivity index (χ4v) is 6.82. The van der Waals surface area contributed by atoms with Crippen molar-refractivity contribution in [1.29, 1.82) is 0 Å². The van der Waals surface area contributed by atoms with Crippen molar-refractivity contribution in [3.05, 3.63) is 30.1 Å². The van der Waals surface area contributed by atoms with Crippen LogP contribution >= 0.6 is 0 Å². The number of benzene rings is 1. The van der Waals surface area contributed by atoms with Crippen molar-refractivity contribution in [1.82, 2.24) is 24.8 Å². The highest BCUT2D eigenvalue weighted by Crippen LogP contribution is 2.38. The number of aryl methyl sites for hydroxylation is 1. The average molecular weight is 575 g/mol. The minimum absolute atomic E-state index is 0.319. The number of nitrogen functional groups attached to an aromatic ring is 1. The number of rotatable bonds is 7. The van der Waals surface area contributed by atoms with Crippen LogP contribution in [-0.2, 0) is 11.2 Å². The van der Waals surface area contributed by atoms with Crippen LogP contribution in [0.5, 0.6) is 5.75 Å². The maximum atomic E-state index is 6.34. The number of nitrogens with zero attached hydrogens (tertiary/aromatic N) is 6. The first-order valence-electron chi connectivity index (χ1n) is 15.6. The van der Waals surface area contributed by atoms with Crippen LogP contribution in [0.25, 0.3) is 22.2 Å². The number of piperidine rings is 1. The molecule has 226 valence electrons. The first-order chi connectivity index (χ1) is 20.4. The van der Waals surface area contributed by atoms with Crippen molar-refractivity contribution in [2.45, 2.75) is 64.1 Å². The van der Waals surface area contributed by atoms with E-state index in [9.17, 15) is 0 Å². The summed E-state index contributed by atoms with van der Waals surface area (Å²) in [4.78, 5) is 22.2. The lowest BCUT2D eigenvalue weighted by Gasteiger charge is -2.46. The van der Waals surface area contributed by atoms with E-state index in [1.807, 2.05) is 6.20 Å². The monoisotopic (exact) mass is 574 g/mol. The Hall–Kier alpha value is -3.21. The van der Waals surface area contributed by atoms with Crippen molar-refractivity contribution >= 4 is 28.4 Å². The molecule has 3 aromatic rings. The predicted octanol–water partition coefficient (Wildman–Crippen LogP) is 4.04. The van der Waals surface area contributed by atoms with E-state index in [1.165, 1.54) is 25.9 Å². The van der Waals surface area contributed by atoms with Gasteiger partial charge in [-0.2, -0.15) is 0 Å². The molecule has 42 heavy (non-hydrogen) atoms. The molecule has 0 radical (unpaired) electrons. The van der Waals surface area contributed by atoms with Crippen molar-refractivity contribution in [2.75, 3.05) is 76.0 Å². The van der Waals surface area contributed by atoms with Gasteiger partial charge in [-0.1, -0.05) is 13.0 Å². The Morgan fingerprint density at radius 3 is 2.55 bits per heavy atom. The first kappa shape index (κ1) is 28.9. The Morgan fingerprint density at radius 1 is 1.05 bits per heavy atom. The minimum atomic E-state index is 0.319. The van der Waals surface area contributed by atoms with Gasteiger partial charge in [-0.25, -0.2) is 15.0 Å². The summed E-state index contributed by atoms with van der Waals surface area (Å²) in [5.41, 5.74) is 11.7. The maximum Gasteiger partial charge on any atom is 0.151 e. The molecule has 1 unspecified atom stereocenters. The highest BCUT2D eigenvalue weighted by Gasteiger charge is 2.31. The van der Waals surface area contributed by atoms with E-state index < -0.39 is 0 Å². The summed E-state index contributed by atoms with van der Waals surface area (Å²) in [6.07, 6.45) is 7.01. The molecule has 3 N–H and O–H groups in total. The number of likely N-dealkylation sites (tertiary alicyclic amines) is 1. The fraction of sp³-hybridized carbons (Fsp3) is 0.594. The summed E-state index contributed by atoms with van der Waals surface area (Å²) in [6.45, 7) is 11.5. The van der Waals surface area contributed by atoms with Crippen LogP contribution in [0.3, 0.4) is 0 Å². The molecule has 2 aromatic heterocycles. The van der Waals surface area contributed by atoms with Crippen LogP contribution < -0.4 is 20.7 Å². The number of methoxy groups -OCH3 is 1. The second-order valence-electron chi connectivity index (χ2n) is 12.1. The van der Waals surface area contributed by atoms with Gasteiger partial charge >= 0.3 is 0 Å². The zero-order valence-corrected chi connectivity index (χ0v) is 25.6. The van der Waals surface area contributed by atoms with E-state index in [0.29, 0.717) is 29.5 Å². The molecule has 3 aliphatic heterocycles. The van der Waals surface area contributed by atoms with Crippen LogP contribution in [-0.4, -0.2) is 103 Å². The normalized spacial score (nSPS) is 21.6. The number of fused-ring (bicyclic) bond motifs is 1. The third-order valence-electron chi connectivity index (χ3n) is 9.36. The van der Waals surface area contributed by atoms with Gasteiger partial charge < -0.3 is 30.3 Å². The van der Waals surface area contributed by atoms with E-state index in [0.717, 1.165) is 91.7 Å². The van der Waals surface area contributed by atoms with Crippen molar-refractivity contribution in [2.24, 2.45) is 0 Å². The Bertz CT molecular complexity index is 1390. The third-order valence-corrected chi connectivity index (χ3v) is 9.36. The summed E-state index contributed by atoms with van der Waals surface area (Å²) in [5, 5.41) is 3.65. The molecule has 5 heterocycles. The molecular weight excluding hydrogens is 528 g/mol. The fourth-order valence-electron chi connectivity index (χ4n) is 6.82. The molecular formula is C32H46N8O2.